The molecule has 146 valence electrons. The molecule has 1 atom stereocenters. The van der Waals surface area contributed by atoms with Crippen LogP contribution in [0.4, 0.5) is 0 Å². The third kappa shape index (κ3) is 5.40. The van der Waals surface area contributed by atoms with E-state index in [9.17, 15) is 13.2 Å². The summed E-state index contributed by atoms with van der Waals surface area (Å²) in [5.41, 5.74) is 4.39. The number of benzene rings is 2. The Bertz CT molecular complexity index is 918. The molecule has 2 aromatic rings. The van der Waals surface area contributed by atoms with E-state index >= 15 is 0 Å². The standard InChI is InChI=1S/C21H27NO4S/c1-6-26-21(23)13-19(18-9-7-14(2)8-10-18)22-27(24,25)20-12-16(4)15(3)11-17(20)5/h7-12,19,22H,6,13H2,1-5H3. The number of hydrogen-bond acceptors (Lipinski definition) is 4. The molecule has 0 heterocycles. The molecule has 5 nitrogen and oxygen atoms in total. The van der Waals surface area contributed by atoms with E-state index in [0.717, 1.165) is 22.3 Å². The second kappa shape index (κ2) is 8.67. The maximum atomic E-state index is 13.0. The van der Waals surface area contributed by atoms with Crippen molar-refractivity contribution < 1.29 is 17.9 Å². The molecular formula is C21H27NO4S. The molecule has 0 spiro atoms. The summed E-state index contributed by atoms with van der Waals surface area (Å²) in [5.74, 6) is -0.442. The Balaban J connectivity index is 2.39. The van der Waals surface area contributed by atoms with Crippen LogP contribution in [0.15, 0.2) is 41.3 Å². The summed E-state index contributed by atoms with van der Waals surface area (Å²) in [6, 6.07) is 10.3. The molecule has 1 unspecified atom stereocenters. The number of ether oxygens (including phenoxy) is 1. The van der Waals surface area contributed by atoms with Gasteiger partial charge in [0.2, 0.25) is 10.0 Å². The first-order valence-corrected chi connectivity index (χ1v) is 10.4. The van der Waals surface area contributed by atoms with Gasteiger partial charge in [-0.3, -0.25) is 4.79 Å². The van der Waals surface area contributed by atoms with Crippen molar-refractivity contribution in [1.29, 1.82) is 0 Å². The molecular weight excluding hydrogens is 362 g/mol. The minimum Gasteiger partial charge on any atom is -0.466 e. The summed E-state index contributed by atoms with van der Waals surface area (Å²) in [6.07, 6.45) is -0.0694. The quantitative estimate of drug-likeness (QED) is 0.729. The maximum absolute atomic E-state index is 13.0. The number of esters is 1. The van der Waals surface area contributed by atoms with Gasteiger partial charge in [-0.1, -0.05) is 35.9 Å². The Hall–Kier alpha value is -2.18. The zero-order valence-corrected chi connectivity index (χ0v) is 17.3. The summed E-state index contributed by atoms with van der Waals surface area (Å²) in [6.45, 7) is 9.52. The molecule has 2 rings (SSSR count). The summed E-state index contributed by atoms with van der Waals surface area (Å²) in [4.78, 5) is 12.3. The van der Waals surface area contributed by atoms with E-state index in [2.05, 4.69) is 4.72 Å². The lowest BCUT2D eigenvalue weighted by Gasteiger charge is -2.20. The van der Waals surface area contributed by atoms with Crippen molar-refractivity contribution in [3.05, 3.63) is 64.2 Å². The summed E-state index contributed by atoms with van der Waals surface area (Å²) >= 11 is 0. The Morgan fingerprint density at radius 3 is 2.19 bits per heavy atom. The van der Waals surface area contributed by atoms with Gasteiger partial charge in [0.15, 0.2) is 0 Å². The van der Waals surface area contributed by atoms with Gasteiger partial charge >= 0.3 is 5.97 Å². The van der Waals surface area contributed by atoms with Crippen LogP contribution in [0.2, 0.25) is 0 Å². The molecule has 0 bridgehead atoms. The number of nitrogens with one attached hydrogen (secondary N) is 1. The molecule has 0 amide bonds. The molecule has 0 aliphatic heterocycles. The second-order valence-electron chi connectivity index (χ2n) is 6.80. The van der Waals surface area contributed by atoms with Gasteiger partial charge < -0.3 is 4.74 Å². The maximum Gasteiger partial charge on any atom is 0.307 e. The third-order valence-electron chi connectivity index (χ3n) is 4.53. The molecule has 0 saturated carbocycles. The van der Waals surface area contributed by atoms with Gasteiger partial charge in [0, 0.05) is 0 Å². The van der Waals surface area contributed by atoms with E-state index < -0.39 is 22.0 Å². The van der Waals surface area contributed by atoms with Gasteiger partial charge in [-0.2, -0.15) is 0 Å². The molecule has 2 aromatic carbocycles. The van der Waals surface area contributed by atoms with E-state index in [4.69, 9.17) is 4.74 Å². The van der Waals surface area contributed by atoms with Crippen molar-refractivity contribution in [2.75, 3.05) is 6.61 Å². The second-order valence-corrected chi connectivity index (χ2v) is 8.48. The fourth-order valence-corrected chi connectivity index (χ4v) is 4.42. The van der Waals surface area contributed by atoms with Crippen molar-refractivity contribution in [1.82, 2.24) is 4.72 Å². The number of carbonyl (C=O) groups excluding carboxylic acids is 1. The van der Waals surface area contributed by atoms with Crippen molar-refractivity contribution in [2.45, 2.75) is 52.0 Å². The van der Waals surface area contributed by atoms with Gasteiger partial charge in [-0.05, 0) is 62.9 Å². The van der Waals surface area contributed by atoms with Crippen LogP contribution in [0, 0.1) is 27.7 Å². The van der Waals surface area contributed by atoms with Crippen molar-refractivity contribution >= 4 is 16.0 Å². The molecule has 0 fully saturated rings. The van der Waals surface area contributed by atoms with Crippen molar-refractivity contribution in [3.8, 4) is 0 Å². The van der Waals surface area contributed by atoms with Crippen molar-refractivity contribution in [3.63, 3.8) is 0 Å². The summed E-state index contributed by atoms with van der Waals surface area (Å²) in [5, 5.41) is 0. The van der Waals surface area contributed by atoms with Gasteiger partial charge in [0.1, 0.15) is 0 Å². The SMILES string of the molecule is CCOC(=O)CC(NS(=O)(=O)c1cc(C)c(C)cc1C)c1ccc(C)cc1. The molecule has 0 radical (unpaired) electrons. The lowest BCUT2D eigenvalue weighted by atomic mass is 10.0. The minimum absolute atomic E-state index is 0.0694. The number of rotatable bonds is 7. The van der Waals surface area contributed by atoms with E-state index in [1.54, 1.807) is 19.9 Å². The molecule has 0 aliphatic rings. The van der Waals surface area contributed by atoms with Crippen LogP contribution in [-0.2, 0) is 19.6 Å². The topological polar surface area (TPSA) is 72.5 Å². The Labute approximate surface area is 161 Å². The fourth-order valence-electron chi connectivity index (χ4n) is 2.89. The van der Waals surface area contributed by atoms with Crippen LogP contribution in [0.25, 0.3) is 0 Å². The molecule has 0 aliphatic carbocycles. The van der Waals surface area contributed by atoms with E-state index in [-0.39, 0.29) is 17.9 Å². The third-order valence-corrected chi connectivity index (χ3v) is 6.15. The first-order valence-electron chi connectivity index (χ1n) is 8.96. The lowest BCUT2D eigenvalue weighted by molar-refractivity contribution is -0.143. The first-order chi connectivity index (χ1) is 12.6. The molecule has 1 N–H and O–H groups in total. The predicted octanol–water partition coefficient (Wildman–Crippen LogP) is 3.89. The van der Waals surface area contributed by atoms with Crippen LogP contribution >= 0.6 is 0 Å². The normalized spacial score (nSPS) is 12.6. The average molecular weight is 390 g/mol. The largest absolute Gasteiger partial charge is 0.466 e. The predicted molar refractivity (Wildman–Crippen MR) is 106 cm³/mol. The number of sulfonamides is 1. The van der Waals surface area contributed by atoms with Crippen LogP contribution in [0.1, 0.15) is 47.2 Å². The number of aryl methyl sites for hydroxylation is 4. The summed E-state index contributed by atoms with van der Waals surface area (Å²) in [7, 11) is -3.81. The van der Waals surface area contributed by atoms with Gasteiger partial charge in [0.25, 0.3) is 0 Å². The molecule has 0 saturated heterocycles. The number of carbonyl (C=O) groups is 1. The molecule has 6 heteroatoms. The number of hydrogen-bond donors (Lipinski definition) is 1. The highest BCUT2D eigenvalue weighted by molar-refractivity contribution is 7.89. The van der Waals surface area contributed by atoms with Crippen molar-refractivity contribution in [2.24, 2.45) is 0 Å². The van der Waals surface area contributed by atoms with E-state index in [1.807, 2.05) is 51.1 Å². The summed E-state index contributed by atoms with van der Waals surface area (Å²) < 4.78 is 33.8. The molecule has 0 aromatic heterocycles. The average Bonchev–Trinajstić information content (AvgIpc) is 2.58. The van der Waals surface area contributed by atoms with E-state index in [0.29, 0.717) is 5.56 Å². The highest BCUT2D eigenvalue weighted by Gasteiger charge is 2.26. The van der Waals surface area contributed by atoms with Gasteiger partial charge in [-0.15, -0.1) is 0 Å². The van der Waals surface area contributed by atoms with Crippen LogP contribution in [0.3, 0.4) is 0 Å². The first kappa shape index (κ1) is 21.1. The van der Waals surface area contributed by atoms with E-state index in [1.165, 1.54) is 0 Å². The smallest absolute Gasteiger partial charge is 0.307 e. The van der Waals surface area contributed by atoms with Crippen LogP contribution in [0.5, 0.6) is 0 Å². The van der Waals surface area contributed by atoms with Crippen LogP contribution < -0.4 is 4.72 Å². The highest BCUT2D eigenvalue weighted by atomic mass is 32.2. The zero-order chi connectivity index (χ0) is 20.2. The lowest BCUT2D eigenvalue weighted by Crippen LogP contribution is -2.31. The monoisotopic (exact) mass is 389 g/mol. The zero-order valence-electron chi connectivity index (χ0n) is 16.5. The Morgan fingerprint density at radius 2 is 1.59 bits per heavy atom. The van der Waals surface area contributed by atoms with Crippen LogP contribution in [-0.4, -0.2) is 21.0 Å². The molecule has 27 heavy (non-hydrogen) atoms. The van der Waals surface area contributed by atoms with Gasteiger partial charge in [0.05, 0.1) is 24.0 Å². The Morgan fingerprint density at radius 1 is 1.00 bits per heavy atom. The fraction of sp³-hybridized carbons (Fsp3) is 0.381. The Kier molecular flexibility index (Phi) is 6.78. The minimum atomic E-state index is -3.81. The van der Waals surface area contributed by atoms with Gasteiger partial charge in [-0.25, -0.2) is 13.1 Å². The highest BCUT2D eigenvalue weighted by Crippen LogP contribution is 2.25.